The molecule has 0 fully saturated rings. The first-order valence-electron chi connectivity index (χ1n) is 7.44. The number of hydrogen-bond acceptors (Lipinski definition) is 3. The molecule has 2 amide bonds. The lowest BCUT2D eigenvalue weighted by Crippen LogP contribution is -2.47. The van der Waals surface area contributed by atoms with Crippen LogP contribution in [0.3, 0.4) is 0 Å². The van der Waals surface area contributed by atoms with Crippen LogP contribution in [-0.2, 0) is 16.0 Å². The predicted octanol–water partition coefficient (Wildman–Crippen LogP) is 2.18. The smallest absolute Gasteiger partial charge is 0.287 e. The number of primary amides is 1. The molecule has 0 spiro atoms. The molecule has 7 heteroatoms. The standard InChI is InChI=1S/C18H16ClFN2O3/c1-10-7-8-12(20)14(15(10)19)18(25)22-13(16(23)17(21)24)9-11-5-3-2-4-6-11/h2-8,13H,9H2,1H3,(H2,21,24)(H,22,25)/t13-/m0/s1. The number of halogens is 2. The minimum atomic E-state index is -1.22. The second-order valence-electron chi connectivity index (χ2n) is 5.50. The number of rotatable bonds is 6. The summed E-state index contributed by atoms with van der Waals surface area (Å²) in [7, 11) is 0. The van der Waals surface area contributed by atoms with E-state index in [1.54, 1.807) is 37.3 Å². The summed E-state index contributed by atoms with van der Waals surface area (Å²) in [6, 6.07) is 10.1. The number of nitrogens with one attached hydrogen (secondary N) is 1. The van der Waals surface area contributed by atoms with Crippen LogP contribution in [0.25, 0.3) is 0 Å². The van der Waals surface area contributed by atoms with Gasteiger partial charge in [0.05, 0.1) is 10.6 Å². The SMILES string of the molecule is Cc1ccc(F)c(C(=O)N[C@@H](Cc2ccccc2)C(=O)C(N)=O)c1Cl. The van der Waals surface area contributed by atoms with Crippen LogP contribution in [0.1, 0.15) is 21.5 Å². The Kier molecular flexibility index (Phi) is 5.88. The number of Topliss-reactive ketones (excluding diaryl/α,β-unsaturated/α-hetero) is 1. The lowest BCUT2D eigenvalue weighted by Gasteiger charge is -2.17. The number of aryl methyl sites for hydroxylation is 1. The van der Waals surface area contributed by atoms with Crippen molar-refractivity contribution in [2.45, 2.75) is 19.4 Å². The average molecular weight is 363 g/mol. The van der Waals surface area contributed by atoms with Gasteiger partial charge >= 0.3 is 0 Å². The highest BCUT2D eigenvalue weighted by Crippen LogP contribution is 2.23. The number of nitrogens with two attached hydrogens (primary N) is 1. The zero-order valence-corrected chi connectivity index (χ0v) is 14.1. The molecule has 2 rings (SSSR count). The van der Waals surface area contributed by atoms with Gasteiger partial charge in [-0.2, -0.15) is 0 Å². The van der Waals surface area contributed by atoms with Gasteiger partial charge < -0.3 is 11.1 Å². The monoisotopic (exact) mass is 362 g/mol. The molecule has 0 saturated heterocycles. The van der Waals surface area contributed by atoms with Crippen molar-refractivity contribution < 1.29 is 18.8 Å². The molecule has 0 aliphatic carbocycles. The van der Waals surface area contributed by atoms with Gasteiger partial charge in [0.2, 0.25) is 5.78 Å². The third-order valence-electron chi connectivity index (χ3n) is 3.66. The van der Waals surface area contributed by atoms with Crippen LogP contribution in [0.4, 0.5) is 4.39 Å². The number of benzene rings is 2. The summed E-state index contributed by atoms with van der Waals surface area (Å²) in [5, 5.41) is 2.30. The Morgan fingerprint density at radius 2 is 1.80 bits per heavy atom. The summed E-state index contributed by atoms with van der Waals surface area (Å²) in [5.74, 6) is -3.86. The zero-order valence-electron chi connectivity index (χ0n) is 13.4. The van der Waals surface area contributed by atoms with Crippen molar-refractivity contribution in [3.8, 4) is 0 Å². The van der Waals surface area contributed by atoms with Gasteiger partial charge in [0.25, 0.3) is 11.8 Å². The molecule has 2 aromatic rings. The van der Waals surface area contributed by atoms with Crippen LogP contribution in [0.5, 0.6) is 0 Å². The van der Waals surface area contributed by atoms with Gasteiger partial charge in [-0.1, -0.05) is 48.0 Å². The van der Waals surface area contributed by atoms with Crippen LogP contribution >= 0.6 is 11.6 Å². The maximum atomic E-state index is 14.0. The molecule has 130 valence electrons. The molecule has 0 radical (unpaired) electrons. The lowest BCUT2D eigenvalue weighted by molar-refractivity contribution is -0.137. The maximum Gasteiger partial charge on any atom is 0.287 e. The predicted molar refractivity (Wildman–Crippen MR) is 91.7 cm³/mol. The Morgan fingerprint density at radius 1 is 1.16 bits per heavy atom. The van der Waals surface area contributed by atoms with Crippen LogP contribution in [0.2, 0.25) is 5.02 Å². The lowest BCUT2D eigenvalue weighted by atomic mass is 10.0. The Balaban J connectivity index is 2.30. The molecule has 0 aliphatic heterocycles. The summed E-state index contributed by atoms with van der Waals surface area (Å²) in [6.07, 6.45) is 0.0411. The summed E-state index contributed by atoms with van der Waals surface area (Å²) in [6.45, 7) is 1.62. The first-order valence-corrected chi connectivity index (χ1v) is 7.82. The van der Waals surface area contributed by atoms with E-state index in [-0.39, 0.29) is 17.0 Å². The van der Waals surface area contributed by atoms with E-state index in [1.165, 1.54) is 6.07 Å². The zero-order chi connectivity index (χ0) is 18.6. The van der Waals surface area contributed by atoms with Crippen molar-refractivity contribution in [3.63, 3.8) is 0 Å². The van der Waals surface area contributed by atoms with Crippen LogP contribution in [-0.4, -0.2) is 23.6 Å². The fourth-order valence-electron chi connectivity index (χ4n) is 2.33. The number of carbonyl (C=O) groups is 3. The van der Waals surface area contributed by atoms with E-state index in [9.17, 15) is 18.8 Å². The summed E-state index contributed by atoms with van der Waals surface area (Å²) in [4.78, 5) is 35.7. The fraction of sp³-hybridized carbons (Fsp3) is 0.167. The minimum Gasteiger partial charge on any atom is -0.363 e. The van der Waals surface area contributed by atoms with Gasteiger partial charge in [-0.05, 0) is 24.1 Å². The van der Waals surface area contributed by atoms with Gasteiger partial charge in [0.15, 0.2) is 0 Å². The van der Waals surface area contributed by atoms with Crippen LogP contribution in [0.15, 0.2) is 42.5 Å². The van der Waals surface area contributed by atoms with Crippen molar-refractivity contribution in [1.29, 1.82) is 0 Å². The Bertz CT molecular complexity index is 825. The van der Waals surface area contributed by atoms with E-state index in [4.69, 9.17) is 17.3 Å². The summed E-state index contributed by atoms with van der Waals surface area (Å²) in [5.41, 5.74) is 5.89. The van der Waals surface area contributed by atoms with Crippen molar-refractivity contribution in [1.82, 2.24) is 5.32 Å². The molecule has 5 nitrogen and oxygen atoms in total. The molecule has 0 heterocycles. The molecule has 0 aromatic heterocycles. The third kappa shape index (κ3) is 4.42. The number of hydrogen-bond donors (Lipinski definition) is 2. The van der Waals surface area contributed by atoms with E-state index in [1.807, 2.05) is 0 Å². The van der Waals surface area contributed by atoms with Gasteiger partial charge in [-0.3, -0.25) is 14.4 Å². The number of amides is 2. The third-order valence-corrected chi connectivity index (χ3v) is 4.15. The molecule has 25 heavy (non-hydrogen) atoms. The molecule has 0 unspecified atom stereocenters. The molecular formula is C18H16ClFN2O3. The summed E-state index contributed by atoms with van der Waals surface area (Å²) < 4.78 is 14.0. The first-order chi connectivity index (χ1) is 11.8. The largest absolute Gasteiger partial charge is 0.363 e. The highest BCUT2D eigenvalue weighted by molar-refractivity contribution is 6.38. The molecule has 0 bridgehead atoms. The van der Waals surface area contributed by atoms with Gasteiger partial charge in [-0.25, -0.2) is 4.39 Å². The van der Waals surface area contributed by atoms with Gasteiger partial charge in [0, 0.05) is 6.42 Å². The van der Waals surface area contributed by atoms with Crippen LogP contribution < -0.4 is 11.1 Å². The minimum absolute atomic E-state index is 0.0411. The van der Waals surface area contributed by atoms with Crippen molar-refractivity contribution in [3.05, 3.63) is 70.0 Å². The average Bonchev–Trinajstić information content (AvgIpc) is 2.58. The molecular weight excluding hydrogens is 347 g/mol. The highest BCUT2D eigenvalue weighted by Gasteiger charge is 2.28. The molecule has 1 atom stereocenters. The normalized spacial score (nSPS) is 11.6. The summed E-state index contributed by atoms with van der Waals surface area (Å²) >= 11 is 6.00. The van der Waals surface area contributed by atoms with Crippen molar-refractivity contribution in [2.75, 3.05) is 0 Å². The van der Waals surface area contributed by atoms with Gasteiger partial charge in [0.1, 0.15) is 11.9 Å². The Hall–Kier alpha value is -2.73. The fourth-order valence-corrected chi connectivity index (χ4v) is 2.57. The molecule has 0 saturated carbocycles. The van der Waals surface area contributed by atoms with E-state index in [0.717, 1.165) is 6.07 Å². The quantitative estimate of drug-likeness (QED) is 0.772. The second kappa shape index (κ2) is 7.90. The number of ketones is 1. The van der Waals surface area contributed by atoms with Crippen molar-refractivity contribution in [2.24, 2.45) is 5.73 Å². The van der Waals surface area contributed by atoms with E-state index < -0.39 is 29.5 Å². The molecule has 2 aromatic carbocycles. The first kappa shape index (κ1) is 18.6. The van der Waals surface area contributed by atoms with Crippen molar-refractivity contribution >= 4 is 29.2 Å². The van der Waals surface area contributed by atoms with Gasteiger partial charge in [-0.15, -0.1) is 0 Å². The van der Waals surface area contributed by atoms with E-state index in [2.05, 4.69) is 5.32 Å². The second-order valence-corrected chi connectivity index (χ2v) is 5.88. The molecule has 3 N–H and O–H groups in total. The highest BCUT2D eigenvalue weighted by atomic mass is 35.5. The number of carbonyl (C=O) groups excluding carboxylic acids is 3. The Morgan fingerprint density at radius 3 is 2.40 bits per heavy atom. The topological polar surface area (TPSA) is 89.3 Å². The Labute approximate surface area is 149 Å². The molecule has 0 aliphatic rings. The van der Waals surface area contributed by atoms with E-state index >= 15 is 0 Å². The van der Waals surface area contributed by atoms with E-state index in [0.29, 0.717) is 11.1 Å². The maximum absolute atomic E-state index is 14.0. The van der Waals surface area contributed by atoms with Crippen LogP contribution in [0, 0.1) is 12.7 Å².